The van der Waals surface area contributed by atoms with Crippen LogP contribution < -0.4 is 0 Å². The molecule has 164 valence electrons. The molecular formula is C24H44O4. The molecule has 2 N–H and O–H groups in total. The van der Waals surface area contributed by atoms with Gasteiger partial charge >= 0.3 is 11.9 Å². The minimum atomic E-state index is -0.715. The van der Waals surface area contributed by atoms with Gasteiger partial charge < -0.3 is 10.2 Å². The van der Waals surface area contributed by atoms with E-state index in [9.17, 15) is 19.8 Å². The maximum Gasteiger partial charge on any atom is 0.309 e. The topological polar surface area (TPSA) is 74.6 Å². The molecule has 0 radical (unpaired) electrons. The van der Waals surface area contributed by atoms with Gasteiger partial charge in [-0.3, -0.25) is 9.59 Å². The summed E-state index contributed by atoms with van der Waals surface area (Å²) in [6.07, 6.45) is 12.2. The lowest BCUT2D eigenvalue weighted by Gasteiger charge is -2.42. The molecule has 4 nitrogen and oxygen atoms in total. The quantitative estimate of drug-likeness (QED) is 0.313. The van der Waals surface area contributed by atoms with Crippen molar-refractivity contribution in [3.8, 4) is 0 Å². The van der Waals surface area contributed by atoms with Crippen molar-refractivity contribution >= 4 is 11.9 Å². The molecule has 28 heavy (non-hydrogen) atoms. The lowest BCUT2D eigenvalue weighted by atomic mass is 9.60. The van der Waals surface area contributed by atoms with Crippen molar-refractivity contribution in [1.82, 2.24) is 0 Å². The summed E-state index contributed by atoms with van der Waals surface area (Å²) in [4.78, 5) is 24.1. The molecule has 0 unspecified atom stereocenters. The highest BCUT2D eigenvalue weighted by Gasteiger charge is 2.49. The molecule has 1 saturated carbocycles. The van der Waals surface area contributed by atoms with E-state index in [1.807, 2.05) is 0 Å². The number of carboxylic acid groups (broad SMARTS) is 2. The van der Waals surface area contributed by atoms with Gasteiger partial charge in [-0.2, -0.15) is 0 Å². The van der Waals surface area contributed by atoms with E-state index in [2.05, 4.69) is 27.7 Å². The number of hydrogen-bond donors (Lipinski definition) is 2. The largest absolute Gasteiger partial charge is 0.481 e. The van der Waals surface area contributed by atoms with Crippen LogP contribution in [0.15, 0.2) is 0 Å². The Bertz CT molecular complexity index is 429. The number of carbonyl (C=O) groups is 2. The van der Waals surface area contributed by atoms with Crippen molar-refractivity contribution in [3.63, 3.8) is 0 Å². The first-order valence-electron chi connectivity index (χ1n) is 11.6. The third kappa shape index (κ3) is 7.75. The van der Waals surface area contributed by atoms with Crippen LogP contribution in [0.2, 0.25) is 0 Å². The van der Waals surface area contributed by atoms with Crippen molar-refractivity contribution in [1.29, 1.82) is 0 Å². The van der Waals surface area contributed by atoms with Crippen molar-refractivity contribution in [2.45, 2.75) is 118 Å². The summed E-state index contributed by atoms with van der Waals surface area (Å²) in [7, 11) is 0. The van der Waals surface area contributed by atoms with Crippen LogP contribution >= 0.6 is 0 Å². The fourth-order valence-corrected chi connectivity index (χ4v) is 4.73. The number of unbranched alkanes of at least 4 members (excludes halogenated alkanes) is 4. The predicted octanol–water partition coefficient (Wildman–Crippen LogP) is 6.92. The van der Waals surface area contributed by atoms with Gasteiger partial charge in [-0.15, -0.1) is 0 Å². The van der Waals surface area contributed by atoms with Crippen LogP contribution in [0.4, 0.5) is 0 Å². The third-order valence-corrected chi connectivity index (χ3v) is 6.95. The Hall–Kier alpha value is -1.06. The van der Waals surface area contributed by atoms with Crippen LogP contribution in [0.25, 0.3) is 0 Å². The molecule has 1 aliphatic rings. The van der Waals surface area contributed by atoms with E-state index in [0.29, 0.717) is 50.4 Å². The van der Waals surface area contributed by atoms with Crippen LogP contribution in [0, 0.1) is 22.7 Å². The first kappa shape index (κ1) is 25.0. The van der Waals surface area contributed by atoms with Crippen LogP contribution in [-0.4, -0.2) is 22.2 Å². The predicted molar refractivity (Wildman–Crippen MR) is 114 cm³/mol. The van der Waals surface area contributed by atoms with E-state index in [4.69, 9.17) is 0 Å². The van der Waals surface area contributed by atoms with E-state index in [0.717, 1.165) is 38.5 Å². The Kier molecular flexibility index (Phi) is 10.5. The highest BCUT2D eigenvalue weighted by atomic mass is 16.4. The SMILES string of the molecule is CC(C)CCCCCC1(C(=O)O)CCC(CCCCCC(C)C)(C(=O)O)CC1. The average molecular weight is 397 g/mol. The van der Waals surface area contributed by atoms with Crippen LogP contribution in [0.3, 0.4) is 0 Å². The van der Waals surface area contributed by atoms with E-state index < -0.39 is 22.8 Å². The Morgan fingerprint density at radius 2 is 0.964 bits per heavy atom. The van der Waals surface area contributed by atoms with Crippen molar-refractivity contribution in [3.05, 3.63) is 0 Å². The molecule has 1 rings (SSSR count). The zero-order valence-corrected chi connectivity index (χ0v) is 18.8. The summed E-state index contributed by atoms with van der Waals surface area (Å²) < 4.78 is 0. The number of hydrogen-bond acceptors (Lipinski definition) is 2. The lowest BCUT2D eigenvalue weighted by Crippen LogP contribution is -2.43. The smallest absolute Gasteiger partial charge is 0.309 e. The second-order valence-corrected chi connectivity index (χ2v) is 10.2. The minimum absolute atomic E-state index is 0.519. The highest BCUT2D eigenvalue weighted by molar-refractivity contribution is 5.78. The summed E-state index contributed by atoms with van der Waals surface area (Å²) in [5.74, 6) is -0.0424. The molecule has 4 heteroatoms. The van der Waals surface area contributed by atoms with Gasteiger partial charge in [-0.1, -0.05) is 79.1 Å². The molecule has 0 atom stereocenters. The summed E-state index contributed by atoms with van der Waals surface area (Å²) in [6.45, 7) is 8.87. The van der Waals surface area contributed by atoms with E-state index in [1.165, 1.54) is 12.8 Å². The molecule has 1 aliphatic carbocycles. The second kappa shape index (κ2) is 11.8. The molecule has 0 saturated heterocycles. The zero-order chi connectivity index (χ0) is 21.2. The normalized spacial score (nSPS) is 25.4. The van der Waals surface area contributed by atoms with Gasteiger partial charge in [0.05, 0.1) is 10.8 Å². The number of aliphatic carboxylic acids is 2. The van der Waals surface area contributed by atoms with Crippen molar-refractivity contribution in [2.24, 2.45) is 22.7 Å². The molecule has 1 fully saturated rings. The molecule has 0 aliphatic heterocycles. The van der Waals surface area contributed by atoms with Crippen LogP contribution in [-0.2, 0) is 9.59 Å². The maximum atomic E-state index is 12.0. The van der Waals surface area contributed by atoms with Gasteiger partial charge in [0.1, 0.15) is 0 Å². The molecule has 0 aromatic rings. The fourth-order valence-electron chi connectivity index (χ4n) is 4.73. The Morgan fingerprint density at radius 1 is 0.643 bits per heavy atom. The second-order valence-electron chi connectivity index (χ2n) is 10.2. The van der Waals surface area contributed by atoms with Gasteiger partial charge in [-0.25, -0.2) is 0 Å². The summed E-state index contributed by atoms with van der Waals surface area (Å²) in [6, 6.07) is 0. The summed E-state index contributed by atoms with van der Waals surface area (Å²) in [5.41, 5.74) is -1.40. The van der Waals surface area contributed by atoms with Crippen molar-refractivity contribution in [2.75, 3.05) is 0 Å². The first-order valence-corrected chi connectivity index (χ1v) is 11.6. The molecule has 0 aromatic carbocycles. The van der Waals surface area contributed by atoms with Crippen LogP contribution in [0.1, 0.15) is 118 Å². The third-order valence-electron chi connectivity index (χ3n) is 6.95. The highest BCUT2D eigenvalue weighted by Crippen LogP contribution is 2.50. The van der Waals surface area contributed by atoms with Crippen molar-refractivity contribution < 1.29 is 19.8 Å². The van der Waals surface area contributed by atoms with Gasteiger partial charge in [0.15, 0.2) is 0 Å². The fraction of sp³-hybridized carbons (Fsp3) is 0.917. The summed E-state index contributed by atoms with van der Waals surface area (Å²) >= 11 is 0. The molecule has 0 bridgehead atoms. The Labute approximate surface area is 172 Å². The molecule has 0 aromatic heterocycles. The van der Waals surface area contributed by atoms with Crippen LogP contribution in [0.5, 0.6) is 0 Å². The van der Waals surface area contributed by atoms with Gasteiger partial charge in [0.2, 0.25) is 0 Å². The van der Waals surface area contributed by atoms with E-state index >= 15 is 0 Å². The van der Waals surface area contributed by atoms with Gasteiger partial charge in [0, 0.05) is 0 Å². The lowest BCUT2D eigenvalue weighted by molar-refractivity contribution is -0.162. The first-order chi connectivity index (χ1) is 13.1. The molecular weight excluding hydrogens is 352 g/mol. The summed E-state index contributed by atoms with van der Waals surface area (Å²) in [5, 5.41) is 19.8. The molecule has 0 spiro atoms. The van der Waals surface area contributed by atoms with Gasteiger partial charge in [-0.05, 0) is 50.4 Å². The van der Waals surface area contributed by atoms with E-state index in [1.54, 1.807) is 0 Å². The number of carboxylic acids is 2. The monoisotopic (exact) mass is 396 g/mol. The van der Waals surface area contributed by atoms with E-state index in [-0.39, 0.29) is 0 Å². The zero-order valence-electron chi connectivity index (χ0n) is 18.8. The average Bonchev–Trinajstić information content (AvgIpc) is 2.61. The molecule has 0 heterocycles. The Balaban J connectivity index is 2.56. The molecule has 0 amide bonds. The minimum Gasteiger partial charge on any atom is -0.481 e. The Morgan fingerprint density at radius 3 is 1.21 bits per heavy atom. The van der Waals surface area contributed by atoms with Gasteiger partial charge in [0.25, 0.3) is 0 Å². The maximum absolute atomic E-state index is 12.0. The number of rotatable bonds is 14. The standard InChI is InChI=1S/C24H44O4/c1-19(2)11-7-5-9-13-23(21(25)26)15-17-24(18-16-23,22(27)28)14-10-6-8-12-20(3)4/h19-20H,5-18H2,1-4H3,(H,25,26)(H,27,28).